The van der Waals surface area contributed by atoms with Crippen LogP contribution in [0.25, 0.3) is 0 Å². The van der Waals surface area contributed by atoms with E-state index in [1.54, 1.807) is 4.90 Å². The van der Waals surface area contributed by atoms with Gasteiger partial charge in [0.1, 0.15) is 0 Å². The third kappa shape index (κ3) is 3.71. The number of sulfone groups is 1. The van der Waals surface area contributed by atoms with Gasteiger partial charge in [-0.25, -0.2) is 8.42 Å². The van der Waals surface area contributed by atoms with E-state index in [1.165, 1.54) is 5.56 Å². The van der Waals surface area contributed by atoms with Crippen molar-refractivity contribution < 1.29 is 13.2 Å². The van der Waals surface area contributed by atoms with Crippen molar-refractivity contribution in [2.45, 2.75) is 38.4 Å². The molecule has 0 aromatic heterocycles. The van der Waals surface area contributed by atoms with Crippen LogP contribution in [-0.4, -0.2) is 49.4 Å². The van der Waals surface area contributed by atoms with Crippen LogP contribution >= 0.6 is 0 Å². The summed E-state index contributed by atoms with van der Waals surface area (Å²) < 4.78 is 24.9. The molecule has 2 aromatic rings. The van der Waals surface area contributed by atoms with Crippen LogP contribution in [0, 0.1) is 0 Å². The van der Waals surface area contributed by atoms with Crippen LogP contribution in [0.15, 0.2) is 54.6 Å². The molecule has 2 fully saturated rings. The summed E-state index contributed by atoms with van der Waals surface area (Å²) >= 11 is 0. The summed E-state index contributed by atoms with van der Waals surface area (Å²) in [4.78, 5) is 16.8. The Morgan fingerprint density at radius 1 is 0.964 bits per heavy atom. The van der Waals surface area contributed by atoms with Crippen molar-refractivity contribution in [3.8, 4) is 0 Å². The highest BCUT2D eigenvalue weighted by Gasteiger charge is 2.49. The van der Waals surface area contributed by atoms with E-state index in [2.05, 4.69) is 13.8 Å². The minimum atomic E-state index is -3.18. The molecule has 2 aliphatic rings. The average molecular weight is 399 g/mol. The van der Waals surface area contributed by atoms with Crippen molar-refractivity contribution in [2.24, 2.45) is 0 Å². The highest BCUT2D eigenvalue weighted by molar-refractivity contribution is 7.91. The maximum absolute atomic E-state index is 13.1. The van der Waals surface area contributed by atoms with Crippen LogP contribution in [0.1, 0.15) is 30.9 Å². The number of benzene rings is 2. The standard InChI is InChI=1S/C22H26N2O3S/c1-16(2)18-8-10-19(11-9-18)24-21-15-28(26,27)14-20(21)23(13-22(24)25)12-17-6-4-3-5-7-17/h3-11,16,20-21H,12-15H2,1-2H3/t20-,21-/m1/s1. The van der Waals surface area contributed by atoms with Crippen LogP contribution in [0.3, 0.4) is 0 Å². The van der Waals surface area contributed by atoms with Crippen LogP contribution in [0.4, 0.5) is 5.69 Å². The smallest absolute Gasteiger partial charge is 0.241 e. The van der Waals surface area contributed by atoms with E-state index < -0.39 is 9.84 Å². The van der Waals surface area contributed by atoms with Crippen LogP contribution in [-0.2, 0) is 21.2 Å². The maximum Gasteiger partial charge on any atom is 0.241 e. The number of rotatable bonds is 4. The predicted octanol–water partition coefficient (Wildman–Crippen LogP) is 2.82. The number of carbonyl (C=O) groups excluding carboxylic acids is 1. The lowest BCUT2D eigenvalue weighted by Gasteiger charge is -2.43. The lowest BCUT2D eigenvalue weighted by Crippen LogP contribution is -2.61. The first-order valence-corrected chi connectivity index (χ1v) is 11.6. The minimum absolute atomic E-state index is 0.0284. The third-order valence-electron chi connectivity index (χ3n) is 5.77. The molecule has 148 valence electrons. The van der Waals surface area contributed by atoms with Gasteiger partial charge in [-0.3, -0.25) is 9.69 Å². The van der Waals surface area contributed by atoms with Crippen LogP contribution < -0.4 is 4.90 Å². The van der Waals surface area contributed by atoms with E-state index in [9.17, 15) is 13.2 Å². The van der Waals surface area contributed by atoms with E-state index in [0.717, 1.165) is 11.3 Å². The average Bonchev–Trinajstić information content (AvgIpc) is 2.98. The number of anilines is 1. The Morgan fingerprint density at radius 3 is 2.25 bits per heavy atom. The van der Waals surface area contributed by atoms with Crippen molar-refractivity contribution >= 4 is 21.4 Å². The van der Waals surface area contributed by atoms with E-state index in [-0.39, 0.29) is 36.0 Å². The normalized spacial score (nSPS) is 24.5. The summed E-state index contributed by atoms with van der Waals surface area (Å²) in [5.41, 5.74) is 3.09. The van der Waals surface area contributed by atoms with Gasteiger partial charge in [-0.1, -0.05) is 56.3 Å². The fourth-order valence-corrected chi connectivity index (χ4v) is 6.29. The monoisotopic (exact) mass is 398 g/mol. The molecule has 0 aliphatic carbocycles. The first-order chi connectivity index (χ1) is 13.3. The zero-order valence-electron chi connectivity index (χ0n) is 16.3. The lowest BCUT2D eigenvalue weighted by molar-refractivity contribution is -0.123. The Labute approximate surface area is 166 Å². The summed E-state index contributed by atoms with van der Waals surface area (Å²) in [6.45, 7) is 5.07. The largest absolute Gasteiger partial charge is 0.306 e. The lowest BCUT2D eigenvalue weighted by atomic mass is 10.00. The minimum Gasteiger partial charge on any atom is -0.306 e. The molecule has 1 amide bonds. The molecule has 2 heterocycles. The number of piperazine rings is 1. The second-order valence-electron chi connectivity index (χ2n) is 8.11. The van der Waals surface area contributed by atoms with Crippen molar-refractivity contribution in [1.82, 2.24) is 4.90 Å². The van der Waals surface area contributed by atoms with Crippen molar-refractivity contribution in [1.29, 1.82) is 0 Å². The van der Waals surface area contributed by atoms with E-state index in [4.69, 9.17) is 0 Å². The molecule has 0 unspecified atom stereocenters. The van der Waals surface area contributed by atoms with Gasteiger partial charge in [-0.05, 0) is 29.2 Å². The third-order valence-corrected chi connectivity index (χ3v) is 7.47. The molecule has 0 saturated carbocycles. The number of nitrogens with zero attached hydrogens (tertiary/aromatic N) is 2. The summed E-state index contributed by atoms with van der Waals surface area (Å²) in [5.74, 6) is 0.512. The van der Waals surface area contributed by atoms with Gasteiger partial charge in [-0.2, -0.15) is 0 Å². The van der Waals surface area contributed by atoms with E-state index >= 15 is 0 Å². The quantitative estimate of drug-likeness (QED) is 0.795. The van der Waals surface area contributed by atoms with Gasteiger partial charge in [0.15, 0.2) is 9.84 Å². The van der Waals surface area contributed by atoms with Gasteiger partial charge < -0.3 is 4.90 Å². The first kappa shape index (κ1) is 19.2. The first-order valence-electron chi connectivity index (χ1n) is 9.74. The Balaban J connectivity index is 1.64. The van der Waals surface area contributed by atoms with Gasteiger partial charge in [-0.15, -0.1) is 0 Å². The van der Waals surface area contributed by atoms with Gasteiger partial charge in [0.2, 0.25) is 5.91 Å². The number of hydrogen-bond donors (Lipinski definition) is 0. The van der Waals surface area contributed by atoms with E-state index in [0.29, 0.717) is 12.5 Å². The second-order valence-corrected chi connectivity index (χ2v) is 10.3. The highest BCUT2D eigenvalue weighted by atomic mass is 32.2. The fourth-order valence-electron chi connectivity index (χ4n) is 4.30. The summed E-state index contributed by atoms with van der Waals surface area (Å²) in [7, 11) is -3.18. The van der Waals surface area contributed by atoms with Gasteiger partial charge >= 0.3 is 0 Å². The zero-order chi connectivity index (χ0) is 19.9. The molecule has 6 heteroatoms. The molecule has 5 nitrogen and oxygen atoms in total. The molecular weight excluding hydrogens is 372 g/mol. The topological polar surface area (TPSA) is 57.7 Å². The molecule has 4 rings (SSSR count). The number of hydrogen-bond acceptors (Lipinski definition) is 4. The molecule has 2 aromatic carbocycles. The molecular formula is C22H26N2O3S. The molecule has 0 N–H and O–H groups in total. The molecule has 28 heavy (non-hydrogen) atoms. The molecule has 0 bridgehead atoms. The summed E-state index contributed by atoms with van der Waals surface area (Å²) in [6.07, 6.45) is 0. The number of amides is 1. The van der Waals surface area contributed by atoms with Gasteiger partial charge in [0.25, 0.3) is 0 Å². The Hall–Kier alpha value is -2.18. The maximum atomic E-state index is 13.1. The van der Waals surface area contributed by atoms with Gasteiger partial charge in [0, 0.05) is 18.3 Å². The van der Waals surface area contributed by atoms with Crippen molar-refractivity contribution in [2.75, 3.05) is 23.0 Å². The Bertz CT molecular complexity index is 955. The summed E-state index contributed by atoms with van der Waals surface area (Å²) in [5, 5.41) is 0. The molecule has 2 saturated heterocycles. The predicted molar refractivity (Wildman–Crippen MR) is 111 cm³/mol. The highest BCUT2D eigenvalue weighted by Crippen LogP contribution is 2.33. The Morgan fingerprint density at radius 2 is 1.61 bits per heavy atom. The van der Waals surface area contributed by atoms with Crippen LogP contribution in [0.2, 0.25) is 0 Å². The molecule has 2 aliphatic heterocycles. The molecule has 0 spiro atoms. The number of fused-ring (bicyclic) bond motifs is 1. The van der Waals surface area contributed by atoms with Gasteiger partial charge in [0.05, 0.1) is 24.1 Å². The fraction of sp³-hybridized carbons (Fsp3) is 0.409. The Kier molecular flexibility index (Phi) is 5.02. The van der Waals surface area contributed by atoms with Crippen molar-refractivity contribution in [3.05, 3.63) is 65.7 Å². The zero-order valence-corrected chi connectivity index (χ0v) is 17.1. The molecule has 2 atom stereocenters. The van der Waals surface area contributed by atoms with E-state index in [1.807, 2.05) is 59.5 Å². The SMILES string of the molecule is CC(C)c1ccc(N2C(=O)CN(Cc3ccccc3)[C@@H]3CS(=O)(=O)C[C@H]32)cc1. The second kappa shape index (κ2) is 7.33. The number of carbonyl (C=O) groups is 1. The summed E-state index contributed by atoms with van der Waals surface area (Å²) in [6, 6.07) is 17.4. The van der Waals surface area contributed by atoms with Crippen molar-refractivity contribution in [3.63, 3.8) is 0 Å². The molecule has 0 radical (unpaired) electrons. The van der Waals surface area contributed by atoms with Crippen LogP contribution in [0.5, 0.6) is 0 Å².